The highest BCUT2D eigenvalue weighted by molar-refractivity contribution is 7.86. The molecule has 0 aliphatic carbocycles. The summed E-state index contributed by atoms with van der Waals surface area (Å²) in [6.07, 6.45) is 4.22. The largest absolute Gasteiger partial charge is 0.497 e. The van der Waals surface area contributed by atoms with Gasteiger partial charge in [0.2, 0.25) is 0 Å². The first-order valence-electron chi connectivity index (χ1n) is 11.0. The fourth-order valence-electron chi connectivity index (χ4n) is 3.55. The van der Waals surface area contributed by atoms with Crippen LogP contribution >= 0.6 is 0 Å². The number of urea groups is 1. The molecule has 2 aromatic carbocycles. The molecule has 0 spiro atoms. The molecular weight excluding hydrogens is 454 g/mol. The Labute approximate surface area is 200 Å². The summed E-state index contributed by atoms with van der Waals surface area (Å²) < 4.78 is 37.4. The number of benzene rings is 2. The fraction of sp³-hybridized carbons (Fsp3) is 0.280. The summed E-state index contributed by atoms with van der Waals surface area (Å²) in [4.78, 5) is 16.1. The minimum absolute atomic E-state index is 0.00277. The van der Waals surface area contributed by atoms with E-state index in [-0.39, 0.29) is 4.90 Å². The van der Waals surface area contributed by atoms with E-state index in [2.05, 4.69) is 15.6 Å². The number of hydrogen-bond donors (Lipinski definition) is 2. The Kier molecular flexibility index (Phi) is 8.25. The van der Waals surface area contributed by atoms with E-state index in [1.54, 1.807) is 37.7 Å². The minimum Gasteiger partial charge on any atom is -0.497 e. The Bertz CT molecular complexity index is 1190. The summed E-state index contributed by atoms with van der Waals surface area (Å²) in [5.41, 5.74) is 1.01. The summed E-state index contributed by atoms with van der Waals surface area (Å²) in [5.74, 6) is 0.627. The minimum atomic E-state index is -4.08. The van der Waals surface area contributed by atoms with E-state index in [4.69, 9.17) is 8.92 Å². The van der Waals surface area contributed by atoms with Gasteiger partial charge in [0.15, 0.2) is 0 Å². The second-order valence-electron chi connectivity index (χ2n) is 7.66. The number of carbonyl (C=O) groups is 1. The van der Waals surface area contributed by atoms with Gasteiger partial charge in [-0.2, -0.15) is 8.42 Å². The van der Waals surface area contributed by atoms with Crippen LogP contribution in [0.4, 0.5) is 10.5 Å². The lowest BCUT2D eigenvalue weighted by Gasteiger charge is -2.31. The van der Waals surface area contributed by atoms with E-state index in [0.717, 1.165) is 11.1 Å². The van der Waals surface area contributed by atoms with E-state index in [1.165, 1.54) is 24.3 Å². The van der Waals surface area contributed by atoms with Gasteiger partial charge in [-0.25, -0.2) is 4.79 Å². The van der Waals surface area contributed by atoms with Gasteiger partial charge in [0.05, 0.1) is 12.0 Å². The van der Waals surface area contributed by atoms with Gasteiger partial charge in [0.25, 0.3) is 10.1 Å². The number of pyridine rings is 1. The molecule has 1 aromatic heterocycles. The number of aromatic nitrogens is 1. The van der Waals surface area contributed by atoms with Crippen molar-refractivity contribution in [3.8, 4) is 5.75 Å². The highest BCUT2D eigenvalue weighted by Crippen LogP contribution is 2.38. The molecule has 0 atom stereocenters. The van der Waals surface area contributed by atoms with Crippen molar-refractivity contribution in [1.82, 2.24) is 10.3 Å². The molecule has 9 heteroatoms. The molecule has 0 aliphatic heterocycles. The van der Waals surface area contributed by atoms with Crippen molar-refractivity contribution in [2.24, 2.45) is 0 Å². The first-order chi connectivity index (χ1) is 16.3. The highest BCUT2D eigenvalue weighted by Gasteiger charge is 2.36. The van der Waals surface area contributed by atoms with Crippen molar-refractivity contribution < 1.29 is 22.1 Å². The molecule has 180 valence electrons. The van der Waals surface area contributed by atoms with Crippen LogP contribution in [0.25, 0.3) is 0 Å². The maximum atomic E-state index is 13.1. The Morgan fingerprint density at radius 1 is 1.03 bits per heavy atom. The lowest BCUT2D eigenvalue weighted by molar-refractivity contribution is 0.0650. The molecule has 0 saturated carbocycles. The molecule has 3 rings (SSSR count). The molecule has 0 radical (unpaired) electrons. The number of hydrogen-bond acceptors (Lipinski definition) is 6. The van der Waals surface area contributed by atoms with Crippen LogP contribution in [0.15, 0.2) is 78.0 Å². The average Bonchev–Trinajstić information content (AvgIpc) is 2.87. The molecule has 2 amide bonds. The zero-order valence-corrected chi connectivity index (χ0v) is 20.3. The molecule has 34 heavy (non-hydrogen) atoms. The average molecular weight is 484 g/mol. The summed E-state index contributed by atoms with van der Waals surface area (Å²) >= 11 is 0. The van der Waals surface area contributed by atoms with Gasteiger partial charge in [0.1, 0.15) is 11.4 Å². The second-order valence-corrected chi connectivity index (χ2v) is 9.21. The lowest BCUT2D eigenvalue weighted by Crippen LogP contribution is -2.31. The SMILES string of the molecule is CCC(CC)(OS(=O)(=O)c1ccc(NC(=O)NCc2cccnc2)cc1)c1cccc(OC)c1. The van der Waals surface area contributed by atoms with E-state index < -0.39 is 21.8 Å². The summed E-state index contributed by atoms with van der Waals surface area (Å²) in [6, 6.07) is 16.3. The normalized spacial score (nSPS) is 11.6. The zero-order valence-electron chi connectivity index (χ0n) is 19.4. The van der Waals surface area contributed by atoms with Crippen molar-refractivity contribution in [3.63, 3.8) is 0 Å². The number of nitrogens with one attached hydrogen (secondary N) is 2. The fourth-order valence-corrected chi connectivity index (χ4v) is 4.87. The van der Waals surface area contributed by atoms with Crippen molar-refractivity contribution in [2.75, 3.05) is 12.4 Å². The van der Waals surface area contributed by atoms with Crippen LogP contribution in [0, 0.1) is 0 Å². The van der Waals surface area contributed by atoms with Gasteiger partial charge >= 0.3 is 6.03 Å². The van der Waals surface area contributed by atoms with Crippen LogP contribution < -0.4 is 15.4 Å². The third kappa shape index (κ3) is 6.12. The Balaban J connectivity index is 1.71. The van der Waals surface area contributed by atoms with Crippen molar-refractivity contribution >= 4 is 21.8 Å². The molecule has 1 heterocycles. The van der Waals surface area contributed by atoms with E-state index in [1.807, 2.05) is 32.0 Å². The topological polar surface area (TPSA) is 107 Å². The van der Waals surface area contributed by atoms with Gasteiger partial charge < -0.3 is 15.4 Å². The van der Waals surface area contributed by atoms with E-state index >= 15 is 0 Å². The third-order valence-corrected chi connectivity index (χ3v) is 6.97. The van der Waals surface area contributed by atoms with Gasteiger partial charge in [-0.05, 0) is 66.4 Å². The van der Waals surface area contributed by atoms with Gasteiger partial charge in [-0.1, -0.05) is 32.0 Å². The molecule has 2 N–H and O–H groups in total. The lowest BCUT2D eigenvalue weighted by atomic mass is 9.88. The first kappa shape index (κ1) is 25.2. The molecule has 0 unspecified atom stereocenters. The number of methoxy groups -OCH3 is 1. The van der Waals surface area contributed by atoms with Gasteiger partial charge in [-0.3, -0.25) is 9.17 Å². The second kappa shape index (κ2) is 11.1. The Hall–Kier alpha value is -3.43. The number of anilines is 1. The first-order valence-corrected chi connectivity index (χ1v) is 12.4. The zero-order chi connectivity index (χ0) is 24.6. The summed E-state index contributed by atoms with van der Waals surface area (Å²) in [7, 11) is -2.52. The Morgan fingerprint density at radius 2 is 1.76 bits per heavy atom. The predicted octanol–water partition coefficient (Wildman–Crippen LogP) is 4.83. The standard InChI is InChI=1S/C25H29N3O5S/c1-4-25(5-2,20-9-6-10-22(16-20)32-3)33-34(30,31)23-13-11-21(12-14-23)28-24(29)27-18-19-8-7-15-26-17-19/h6-17H,4-5,18H2,1-3H3,(H2,27,28,29). The van der Waals surface area contributed by atoms with Crippen LogP contribution in [0.3, 0.4) is 0 Å². The van der Waals surface area contributed by atoms with Crippen LogP contribution in [0.1, 0.15) is 37.8 Å². The third-order valence-electron chi connectivity index (χ3n) is 5.58. The number of ether oxygens (including phenoxy) is 1. The van der Waals surface area contributed by atoms with Gasteiger partial charge in [-0.15, -0.1) is 0 Å². The van der Waals surface area contributed by atoms with Crippen molar-refractivity contribution in [1.29, 1.82) is 0 Å². The smallest absolute Gasteiger partial charge is 0.319 e. The molecule has 3 aromatic rings. The number of amides is 2. The van der Waals surface area contributed by atoms with E-state index in [0.29, 0.717) is 30.8 Å². The number of carbonyl (C=O) groups excluding carboxylic acids is 1. The summed E-state index contributed by atoms with van der Waals surface area (Å²) in [5, 5.41) is 5.40. The van der Waals surface area contributed by atoms with Gasteiger partial charge in [0, 0.05) is 24.6 Å². The van der Waals surface area contributed by atoms with Crippen LogP contribution in [0.2, 0.25) is 0 Å². The van der Waals surface area contributed by atoms with E-state index in [9.17, 15) is 13.2 Å². The molecule has 0 bridgehead atoms. The number of nitrogens with zero attached hydrogens (tertiary/aromatic N) is 1. The molecule has 0 fully saturated rings. The monoisotopic (exact) mass is 483 g/mol. The van der Waals surface area contributed by atoms with Crippen LogP contribution in [-0.4, -0.2) is 26.5 Å². The van der Waals surface area contributed by atoms with Crippen molar-refractivity contribution in [3.05, 3.63) is 84.2 Å². The molecule has 0 aliphatic rings. The molecule has 8 nitrogen and oxygen atoms in total. The maximum Gasteiger partial charge on any atom is 0.319 e. The van der Waals surface area contributed by atoms with Crippen LogP contribution in [-0.2, 0) is 26.4 Å². The molecule has 0 saturated heterocycles. The van der Waals surface area contributed by atoms with Crippen molar-refractivity contribution in [2.45, 2.75) is 43.7 Å². The quantitative estimate of drug-likeness (QED) is 0.400. The predicted molar refractivity (Wildman–Crippen MR) is 130 cm³/mol. The molecular formula is C25H29N3O5S. The number of rotatable bonds is 10. The summed E-state index contributed by atoms with van der Waals surface area (Å²) in [6.45, 7) is 4.09. The maximum absolute atomic E-state index is 13.1. The highest BCUT2D eigenvalue weighted by atomic mass is 32.2. The Morgan fingerprint density at radius 3 is 2.38 bits per heavy atom. The van der Waals surface area contributed by atoms with Crippen LogP contribution in [0.5, 0.6) is 5.75 Å².